The number of amides is 1. The molecule has 0 saturated heterocycles. The number of methoxy groups -OCH3 is 1. The third-order valence-electron chi connectivity index (χ3n) is 4.10. The van der Waals surface area contributed by atoms with E-state index < -0.39 is 11.9 Å². The lowest BCUT2D eigenvalue weighted by Crippen LogP contribution is -2.32. The Balaban J connectivity index is 1.87. The van der Waals surface area contributed by atoms with E-state index in [1.165, 1.54) is 0 Å². The van der Waals surface area contributed by atoms with Gasteiger partial charge >= 0.3 is 5.97 Å². The van der Waals surface area contributed by atoms with Crippen molar-refractivity contribution in [3.05, 3.63) is 59.7 Å². The molecule has 0 saturated carbocycles. The molecule has 0 radical (unpaired) electrons. The van der Waals surface area contributed by atoms with Crippen molar-refractivity contribution < 1.29 is 19.4 Å². The van der Waals surface area contributed by atoms with E-state index in [4.69, 9.17) is 4.74 Å². The summed E-state index contributed by atoms with van der Waals surface area (Å²) >= 11 is 0. The van der Waals surface area contributed by atoms with E-state index in [2.05, 4.69) is 0 Å². The normalized spacial score (nSPS) is 16.0. The molecule has 0 aliphatic carbocycles. The molecule has 1 atom stereocenters. The second kappa shape index (κ2) is 6.12. The topological polar surface area (TPSA) is 66.8 Å². The molecule has 2 aromatic carbocycles. The minimum absolute atomic E-state index is 0.134. The van der Waals surface area contributed by atoms with Gasteiger partial charge in [-0.2, -0.15) is 0 Å². The van der Waals surface area contributed by atoms with Crippen molar-refractivity contribution in [3.8, 4) is 5.75 Å². The maximum Gasteiger partial charge on any atom is 0.312 e. The van der Waals surface area contributed by atoms with E-state index in [0.29, 0.717) is 17.0 Å². The van der Waals surface area contributed by atoms with Gasteiger partial charge in [0.1, 0.15) is 11.7 Å². The second-order valence-electron chi connectivity index (χ2n) is 5.44. The fourth-order valence-corrected chi connectivity index (χ4v) is 2.96. The minimum atomic E-state index is -0.912. The highest BCUT2D eigenvalue weighted by molar-refractivity contribution is 6.00. The van der Waals surface area contributed by atoms with Crippen molar-refractivity contribution >= 4 is 17.6 Å². The highest BCUT2D eigenvalue weighted by Crippen LogP contribution is 2.36. The number of anilines is 1. The molecule has 3 rings (SSSR count). The number of carbonyl (C=O) groups is 2. The van der Waals surface area contributed by atoms with Crippen LogP contribution in [-0.2, 0) is 16.0 Å². The first kappa shape index (κ1) is 15.1. The van der Waals surface area contributed by atoms with E-state index >= 15 is 0 Å². The zero-order valence-corrected chi connectivity index (χ0v) is 12.7. The Morgan fingerprint density at radius 2 is 1.87 bits per heavy atom. The first-order valence-electron chi connectivity index (χ1n) is 7.36. The smallest absolute Gasteiger partial charge is 0.312 e. The summed E-state index contributed by atoms with van der Waals surface area (Å²) in [6.07, 6.45) is 0.171. The molecule has 0 fully saturated rings. The molecule has 2 aromatic rings. The number of nitrogens with zero attached hydrogens (tertiary/aromatic N) is 1. The van der Waals surface area contributed by atoms with Crippen LogP contribution in [0.25, 0.3) is 0 Å². The third kappa shape index (κ3) is 2.77. The molecule has 1 aliphatic heterocycles. The van der Waals surface area contributed by atoms with Gasteiger partial charge in [-0.1, -0.05) is 36.4 Å². The third-order valence-corrected chi connectivity index (χ3v) is 4.10. The van der Waals surface area contributed by atoms with Gasteiger partial charge < -0.3 is 14.7 Å². The Hall–Kier alpha value is -2.82. The molecular formula is C18H17NO4. The van der Waals surface area contributed by atoms with Gasteiger partial charge in [-0.3, -0.25) is 9.59 Å². The number of ether oxygens (including phenoxy) is 1. The van der Waals surface area contributed by atoms with E-state index in [1.807, 2.05) is 24.3 Å². The van der Waals surface area contributed by atoms with E-state index in [1.54, 1.807) is 36.3 Å². The largest absolute Gasteiger partial charge is 0.496 e. The number of rotatable bonds is 4. The highest BCUT2D eigenvalue weighted by atomic mass is 16.5. The summed E-state index contributed by atoms with van der Waals surface area (Å²) in [6, 6.07) is 14.5. The van der Waals surface area contributed by atoms with Crippen LogP contribution in [0.15, 0.2) is 48.5 Å². The minimum Gasteiger partial charge on any atom is -0.496 e. The Bertz CT molecular complexity index is 756. The molecule has 23 heavy (non-hydrogen) atoms. The van der Waals surface area contributed by atoms with Gasteiger partial charge in [0.25, 0.3) is 0 Å². The number of hydrogen-bond donors (Lipinski definition) is 1. The van der Waals surface area contributed by atoms with Crippen molar-refractivity contribution in [1.82, 2.24) is 0 Å². The predicted molar refractivity (Wildman–Crippen MR) is 85.9 cm³/mol. The zero-order chi connectivity index (χ0) is 16.4. The van der Waals surface area contributed by atoms with Crippen molar-refractivity contribution in [2.24, 2.45) is 0 Å². The van der Waals surface area contributed by atoms with Crippen LogP contribution >= 0.6 is 0 Å². The second-order valence-corrected chi connectivity index (χ2v) is 5.44. The summed E-state index contributed by atoms with van der Waals surface area (Å²) in [4.78, 5) is 25.7. The highest BCUT2D eigenvalue weighted by Gasteiger charge is 2.36. The molecule has 1 aliphatic rings. The monoisotopic (exact) mass is 311 g/mol. The van der Waals surface area contributed by atoms with Crippen LogP contribution in [0, 0.1) is 0 Å². The Kier molecular flexibility index (Phi) is 4.02. The molecule has 5 heteroatoms. The average Bonchev–Trinajstić information content (AvgIpc) is 2.95. The lowest BCUT2D eigenvalue weighted by molar-refractivity contribution is -0.138. The van der Waals surface area contributed by atoms with Gasteiger partial charge in [-0.15, -0.1) is 0 Å². The molecule has 1 heterocycles. The number of para-hydroxylation sites is 2. The van der Waals surface area contributed by atoms with Gasteiger partial charge in [-0.05, 0) is 17.7 Å². The predicted octanol–water partition coefficient (Wildman–Crippen LogP) is 2.45. The van der Waals surface area contributed by atoms with Gasteiger partial charge in [0.2, 0.25) is 5.91 Å². The lowest BCUT2D eigenvalue weighted by atomic mass is 10.0. The summed E-state index contributed by atoms with van der Waals surface area (Å²) in [5.74, 6) is -1.06. The maximum absolute atomic E-state index is 12.7. The van der Waals surface area contributed by atoms with Crippen LogP contribution in [0.3, 0.4) is 0 Å². The van der Waals surface area contributed by atoms with E-state index in [0.717, 1.165) is 5.56 Å². The van der Waals surface area contributed by atoms with Crippen molar-refractivity contribution in [1.29, 1.82) is 0 Å². The van der Waals surface area contributed by atoms with E-state index in [-0.39, 0.29) is 18.9 Å². The summed E-state index contributed by atoms with van der Waals surface area (Å²) in [5.41, 5.74) is 2.16. The maximum atomic E-state index is 12.7. The van der Waals surface area contributed by atoms with Crippen molar-refractivity contribution in [2.75, 3.05) is 18.6 Å². The van der Waals surface area contributed by atoms with Crippen LogP contribution in [0.5, 0.6) is 5.75 Å². The average molecular weight is 311 g/mol. The summed E-state index contributed by atoms with van der Waals surface area (Å²) < 4.78 is 5.27. The van der Waals surface area contributed by atoms with Crippen LogP contribution in [0.1, 0.15) is 17.0 Å². The van der Waals surface area contributed by atoms with Gasteiger partial charge in [0.15, 0.2) is 0 Å². The zero-order valence-electron chi connectivity index (χ0n) is 12.7. The number of hydrogen-bond acceptors (Lipinski definition) is 3. The van der Waals surface area contributed by atoms with Gasteiger partial charge in [-0.25, -0.2) is 0 Å². The summed E-state index contributed by atoms with van der Waals surface area (Å²) in [5, 5.41) is 9.37. The Morgan fingerprint density at radius 3 is 2.61 bits per heavy atom. The number of fused-ring (bicyclic) bond motifs is 1. The molecule has 0 bridgehead atoms. The molecule has 1 unspecified atom stereocenters. The van der Waals surface area contributed by atoms with Gasteiger partial charge in [0, 0.05) is 17.8 Å². The molecule has 118 valence electrons. The fraction of sp³-hybridized carbons (Fsp3) is 0.222. The van der Waals surface area contributed by atoms with Crippen LogP contribution in [0.4, 0.5) is 5.69 Å². The molecule has 1 N–H and O–H groups in total. The number of aliphatic carboxylic acids is 1. The van der Waals surface area contributed by atoms with Crippen LogP contribution in [-0.4, -0.2) is 30.6 Å². The first-order chi connectivity index (χ1) is 11.1. The lowest BCUT2D eigenvalue weighted by Gasteiger charge is -2.18. The number of carbonyl (C=O) groups excluding carboxylic acids is 1. The molecule has 0 spiro atoms. The first-order valence-corrected chi connectivity index (χ1v) is 7.36. The SMILES string of the molecule is COc1ccccc1CC(=O)N1CC(C(=O)O)c2ccccc21. The molecular weight excluding hydrogens is 294 g/mol. The molecule has 1 amide bonds. The molecule has 0 aromatic heterocycles. The van der Waals surface area contributed by atoms with Gasteiger partial charge in [0.05, 0.1) is 13.5 Å². The number of benzene rings is 2. The van der Waals surface area contributed by atoms with Crippen LogP contribution in [0.2, 0.25) is 0 Å². The fourth-order valence-electron chi connectivity index (χ4n) is 2.96. The summed E-state index contributed by atoms with van der Waals surface area (Å²) in [7, 11) is 1.56. The quantitative estimate of drug-likeness (QED) is 0.942. The Morgan fingerprint density at radius 1 is 1.17 bits per heavy atom. The number of carboxylic acid groups (broad SMARTS) is 1. The Labute approximate surface area is 134 Å². The van der Waals surface area contributed by atoms with Crippen LogP contribution < -0.4 is 9.64 Å². The number of carboxylic acids is 1. The standard InChI is InChI=1S/C18H17NO4/c1-23-16-9-5-2-6-12(16)10-17(20)19-11-14(18(21)22)13-7-3-4-8-15(13)19/h2-9,14H,10-11H2,1H3,(H,21,22). The summed E-state index contributed by atoms with van der Waals surface area (Å²) in [6.45, 7) is 0.169. The van der Waals surface area contributed by atoms with Crippen molar-refractivity contribution in [3.63, 3.8) is 0 Å². The molecule has 5 nitrogen and oxygen atoms in total. The van der Waals surface area contributed by atoms with E-state index in [9.17, 15) is 14.7 Å². The van der Waals surface area contributed by atoms with Crippen molar-refractivity contribution in [2.45, 2.75) is 12.3 Å².